The van der Waals surface area contributed by atoms with Crippen LogP contribution in [0.15, 0.2) is 82.2 Å². The number of sulfonamides is 1. The lowest BCUT2D eigenvalue weighted by Gasteiger charge is -2.07. The van der Waals surface area contributed by atoms with Crippen molar-refractivity contribution < 1.29 is 17.7 Å². The van der Waals surface area contributed by atoms with E-state index in [-0.39, 0.29) is 10.8 Å². The molecule has 29 heavy (non-hydrogen) atoms. The first kappa shape index (κ1) is 18.9. The molecule has 0 fully saturated rings. The van der Waals surface area contributed by atoms with Gasteiger partial charge in [-0.05, 0) is 49.5 Å². The molecule has 1 aromatic heterocycles. The van der Waals surface area contributed by atoms with Crippen LogP contribution in [0.5, 0.6) is 0 Å². The highest BCUT2D eigenvalue weighted by molar-refractivity contribution is 7.89. The van der Waals surface area contributed by atoms with E-state index in [4.69, 9.17) is 4.52 Å². The molecule has 0 bridgehead atoms. The minimum Gasteiger partial charge on any atom is -0.355 e. The molecule has 146 valence electrons. The SMILES string of the molecule is CNS(=O)(=O)c1ccc(NC(=O)c2ccc3noc(-c4ccccc4)c3c2)cc1. The molecular weight excluding hydrogens is 390 g/mol. The maximum Gasteiger partial charge on any atom is 0.255 e. The quantitative estimate of drug-likeness (QED) is 0.526. The molecular formula is C21H17N3O4S. The summed E-state index contributed by atoms with van der Waals surface area (Å²) < 4.78 is 31.3. The molecule has 7 nitrogen and oxygen atoms in total. The average molecular weight is 407 g/mol. The van der Waals surface area contributed by atoms with Crippen LogP contribution in [0.2, 0.25) is 0 Å². The first-order valence-electron chi connectivity index (χ1n) is 8.78. The van der Waals surface area contributed by atoms with E-state index in [2.05, 4.69) is 15.2 Å². The second kappa shape index (κ2) is 7.50. The van der Waals surface area contributed by atoms with Crippen molar-refractivity contribution in [3.63, 3.8) is 0 Å². The van der Waals surface area contributed by atoms with Gasteiger partial charge in [-0.1, -0.05) is 35.5 Å². The zero-order chi connectivity index (χ0) is 20.4. The van der Waals surface area contributed by atoms with Gasteiger partial charge >= 0.3 is 0 Å². The van der Waals surface area contributed by atoms with Crippen LogP contribution < -0.4 is 10.0 Å². The molecule has 1 heterocycles. The normalized spacial score (nSPS) is 11.5. The number of amides is 1. The lowest BCUT2D eigenvalue weighted by atomic mass is 10.1. The highest BCUT2D eigenvalue weighted by Gasteiger charge is 2.15. The molecule has 4 rings (SSSR count). The standard InChI is InChI=1S/C21H17N3O4S/c1-22-29(26,27)17-10-8-16(9-11-17)23-21(25)15-7-12-19-18(13-15)20(28-24-19)14-5-3-2-4-6-14/h2-13,22H,1H3,(H,23,25). The Bertz CT molecular complexity index is 1280. The summed E-state index contributed by atoms with van der Waals surface area (Å²) in [6.07, 6.45) is 0. The molecule has 8 heteroatoms. The number of hydrogen-bond donors (Lipinski definition) is 2. The lowest BCUT2D eigenvalue weighted by Crippen LogP contribution is -2.18. The first-order valence-corrected chi connectivity index (χ1v) is 10.3. The molecule has 0 aliphatic rings. The van der Waals surface area contributed by atoms with Gasteiger partial charge in [-0.15, -0.1) is 0 Å². The Morgan fingerprint density at radius 2 is 1.69 bits per heavy atom. The van der Waals surface area contributed by atoms with Gasteiger partial charge in [0.15, 0.2) is 5.76 Å². The van der Waals surface area contributed by atoms with Crippen molar-refractivity contribution in [1.82, 2.24) is 9.88 Å². The smallest absolute Gasteiger partial charge is 0.255 e. The van der Waals surface area contributed by atoms with E-state index in [1.54, 1.807) is 18.2 Å². The third kappa shape index (κ3) is 3.75. The van der Waals surface area contributed by atoms with Crippen molar-refractivity contribution in [2.75, 3.05) is 12.4 Å². The van der Waals surface area contributed by atoms with Crippen LogP contribution >= 0.6 is 0 Å². The Kier molecular flexibility index (Phi) is 4.87. The average Bonchev–Trinajstić information content (AvgIpc) is 3.18. The van der Waals surface area contributed by atoms with E-state index in [0.717, 1.165) is 10.9 Å². The number of aromatic nitrogens is 1. The Morgan fingerprint density at radius 1 is 0.966 bits per heavy atom. The zero-order valence-electron chi connectivity index (χ0n) is 15.4. The fourth-order valence-electron chi connectivity index (χ4n) is 2.92. The van der Waals surface area contributed by atoms with Crippen molar-refractivity contribution in [3.05, 3.63) is 78.4 Å². The molecule has 0 spiro atoms. The molecule has 0 saturated carbocycles. The highest BCUT2D eigenvalue weighted by Crippen LogP contribution is 2.29. The summed E-state index contributed by atoms with van der Waals surface area (Å²) in [6.45, 7) is 0. The lowest BCUT2D eigenvalue weighted by molar-refractivity contribution is 0.102. The van der Waals surface area contributed by atoms with Crippen LogP contribution in [0.25, 0.3) is 22.2 Å². The summed E-state index contributed by atoms with van der Waals surface area (Å²) in [4.78, 5) is 12.8. The number of hydrogen-bond acceptors (Lipinski definition) is 5. The summed E-state index contributed by atoms with van der Waals surface area (Å²) in [6, 6.07) is 20.6. The molecule has 2 N–H and O–H groups in total. The van der Waals surface area contributed by atoms with Gasteiger partial charge in [0.05, 0.1) is 10.3 Å². The van der Waals surface area contributed by atoms with Crippen LogP contribution in [0.3, 0.4) is 0 Å². The summed E-state index contributed by atoms with van der Waals surface area (Å²) in [5.74, 6) is 0.271. The van der Waals surface area contributed by atoms with Crippen LogP contribution in [-0.2, 0) is 10.0 Å². The highest BCUT2D eigenvalue weighted by atomic mass is 32.2. The van der Waals surface area contributed by atoms with E-state index < -0.39 is 10.0 Å². The van der Waals surface area contributed by atoms with E-state index >= 15 is 0 Å². The maximum atomic E-state index is 12.7. The van der Waals surface area contributed by atoms with Crippen LogP contribution in [0.4, 0.5) is 5.69 Å². The monoisotopic (exact) mass is 407 g/mol. The van der Waals surface area contributed by atoms with Crippen molar-refractivity contribution >= 4 is 32.5 Å². The van der Waals surface area contributed by atoms with Gasteiger partial charge in [0.2, 0.25) is 10.0 Å². The Morgan fingerprint density at radius 3 is 2.38 bits per heavy atom. The number of nitrogens with zero attached hydrogens (tertiary/aromatic N) is 1. The Balaban J connectivity index is 1.61. The predicted octanol–water partition coefficient (Wildman–Crippen LogP) is 3.66. The molecule has 0 saturated heterocycles. The fourth-order valence-corrected chi connectivity index (χ4v) is 3.65. The number of nitrogens with one attached hydrogen (secondary N) is 2. The van der Waals surface area contributed by atoms with Gasteiger partial charge in [-0.25, -0.2) is 13.1 Å². The minimum absolute atomic E-state index is 0.122. The zero-order valence-corrected chi connectivity index (χ0v) is 16.2. The molecule has 0 unspecified atom stereocenters. The van der Waals surface area contributed by atoms with Crippen molar-refractivity contribution in [3.8, 4) is 11.3 Å². The third-order valence-corrected chi connectivity index (χ3v) is 5.90. The Labute approximate surface area is 167 Å². The van der Waals surface area contributed by atoms with Crippen molar-refractivity contribution in [2.24, 2.45) is 0 Å². The van der Waals surface area contributed by atoms with Gasteiger partial charge in [0.1, 0.15) is 5.52 Å². The molecule has 0 aliphatic heterocycles. The Hall–Kier alpha value is -3.49. The molecule has 0 aliphatic carbocycles. The van der Waals surface area contributed by atoms with E-state index in [1.165, 1.54) is 31.3 Å². The fraction of sp³-hybridized carbons (Fsp3) is 0.0476. The summed E-state index contributed by atoms with van der Waals surface area (Å²) >= 11 is 0. The van der Waals surface area contributed by atoms with Crippen LogP contribution in [-0.4, -0.2) is 26.5 Å². The van der Waals surface area contributed by atoms with Gasteiger partial charge < -0.3 is 9.84 Å². The number of rotatable bonds is 5. The summed E-state index contributed by atoms with van der Waals surface area (Å²) in [5, 5.41) is 7.55. The van der Waals surface area contributed by atoms with Crippen molar-refractivity contribution in [1.29, 1.82) is 0 Å². The van der Waals surface area contributed by atoms with Gasteiger partial charge in [-0.2, -0.15) is 0 Å². The number of anilines is 1. The van der Waals surface area contributed by atoms with Crippen LogP contribution in [0.1, 0.15) is 10.4 Å². The minimum atomic E-state index is -3.52. The maximum absolute atomic E-state index is 12.7. The van der Waals surface area contributed by atoms with E-state index in [9.17, 15) is 13.2 Å². The number of fused-ring (bicyclic) bond motifs is 1. The molecule has 4 aromatic rings. The van der Waals surface area contributed by atoms with Crippen LogP contribution in [0, 0.1) is 0 Å². The molecule has 0 radical (unpaired) electrons. The predicted molar refractivity (Wildman–Crippen MR) is 110 cm³/mol. The molecule has 1 amide bonds. The summed E-state index contributed by atoms with van der Waals surface area (Å²) in [7, 11) is -2.18. The molecule has 0 atom stereocenters. The number of carbonyl (C=O) groups excluding carboxylic acids is 1. The molecule has 3 aromatic carbocycles. The van der Waals surface area contributed by atoms with Gasteiger partial charge in [0.25, 0.3) is 5.91 Å². The van der Waals surface area contributed by atoms with E-state index in [0.29, 0.717) is 22.5 Å². The van der Waals surface area contributed by atoms with Gasteiger partial charge in [0, 0.05) is 16.8 Å². The van der Waals surface area contributed by atoms with E-state index in [1.807, 2.05) is 30.3 Å². The number of carbonyl (C=O) groups is 1. The third-order valence-electron chi connectivity index (χ3n) is 4.47. The summed E-state index contributed by atoms with van der Waals surface area (Å²) in [5.41, 5.74) is 2.44. The topological polar surface area (TPSA) is 101 Å². The second-order valence-electron chi connectivity index (χ2n) is 6.30. The van der Waals surface area contributed by atoms with Gasteiger partial charge in [-0.3, -0.25) is 4.79 Å². The second-order valence-corrected chi connectivity index (χ2v) is 8.18. The largest absolute Gasteiger partial charge is 0.355 e. The number of benzene rings is 3. The first-order chi connectivity index (χ1) is 14.0. The van der Waals surface area contributed by atoms with Crippen molar-refractivity contribution in [2.45, 2.75) is 4.90 Å².